The van der Waals surface area contributed by atoms with E-state index in [1.807, 2.05) is 6.20 Å². The van der Waals surface area contributed by atoms with Gasteiger partial charge in [0.25, 0.3) is 0 Å². The molecule has 4 nitrogen and oxygen atoms in total. The third kappa shape index (κ3) is 4.48. The highest BCUT2D eigenvalue weighted by molar-refractivity contribution is 5.28. The highest BCUT2D eigenvalue weighted by Gasteiger charge is 2.31. The summed E-state index contributed by atoms with van der Waals surface area (Å²) in [4.78, 5) is 4.57. The van der Waals surface area contributed by atoms with E-state index in [0.717, 1.165) is 30.0 Å². The first-order chi connectivity index (χ1) is 11.0. The van der Waals surface area contributed by atoms with Crippen molar-refractivity contribution < 1.29 is 17.9 Å². The number of nitrogens with one attached hydrogen (secondary N) is 1. The predicted molar refractivity (Wildman–Crippen MR) is 78.8 cm³/mol. The summed E-state index contributed by atoms with van der Waals surface area (Å²) >= 11 is 0. The summed E-state index contributed by atoms with van der Waals surface area (Å²) in [7, 11) is 0. The second-order valence-electron chi connectivity index (χ2n) is 5.60. The fraction of sp³-hybridized carbons (Fsp3) is 0.438. The SMILES string of the molecule is FC(F)(F)Oc1cccc(CNCc2cn3c(n2)CCCC3)c1. The highest BCUT2D eigenvalue weighted by atomic mass is 19.4. The molecule has 0 saturated carbocycles. The molecule has 2 heterocycles. The Kier molecular flexibility index (Phi) is 4.56. The van der Waals surface area contributed by atoms with Gasteiger partial charge >= 0.3 is 6.36 Å². The van der Waals surface area contributed by atoms with Crippen LogP contribution in [0.1, 0.15) is 29.9 Å². The van der Waals surface area contributed by atoms with E-state index in [4.69, 9.17) is 0 Å². The monoisotopic (exact) mass is 325 g/mol. The molecule has 1 aromatic heterocycles. The molecule has 2 aromatic rings. The number of imidazole rings is 1. The Balaban J connectivity index is 1.54. The fourth-order valence-corrected chi connectivity index (χ4v) is 2.74. The summed E-state index contributed by atoms with van der Waals surface area (Å²) in [6, 6.07) is 5.99. The molecule has 1 N–H and O–H groups in total. The Morgan fingerprint density at radius 2 is 2.09 bits per heavy atom. The molecular weight excluding hydrogens is 307 g/mol. The van der Waals surface area contributed by atoms with Gasteiger partial charge in [0.1, 0.15) is 11.6 Å². The van der Waals surface area contributed by atoms with Crippen molar-refractivity contribution >= 4 is 0 Å². The van der Waals surface area contributed by atoms with Crippen LogP contribution in [-0.2, 0) is 26.1 Å². The Morgan fingerprint density at radius 1 is 1.22 bits per heavy atom. The number of ether oxygens (including phenoxy) is 1. The average molecular weight is 325 g/mol. The number of aryl methyl sites for hydroxylation is 2. The number of fused-ring (bicyclic) bond motifs is 1. The van der Waals surface area contributed by atoms with Gasteiger partial charge in [0.05, 0.1) is 5.69 Å². The van der Waals surface area contributed by atoms with E-state index >= 15 is 0 Å². The molecule has 1 aromatic carbocycles. The topological polar surface area (TPSA) is 39.1 Å². The van der Waals surface area contributed by atoms with E-state index in [1.165, 1.54) is 25.0 Å². The summed E-state index contributed by atoms with van der Waals surface area (Å²) in [5, 5.41) is 3.20. The van der Waals surface area contributed by atoms with Crippen LogP contribution in [0, 0.1) is 0 Å². The number of rotatable bonds is 5. The number of halogens is 3. The summed E-state index contributed by atoms with van der Waals surface area (Å²) in [5.41, 5.74) is 1.69. The van der Waals surface area contributed by atoms with Crippen LogP contribution in [0.5, 0.6) is 5.75 Å². The Labute approximate surface area is 132 Å². The van der Waals surface area contributed by atoms with Crippen molar-refractivity contribution in [3.05, 3.63) is 47.5 Å². The van der Waals surface area contributed by atoms with Gasteiger partial charge in [0, 0.05) is 32.3 Å². The van der Waals surface area contributed by atoms with E-state index in [-0.39, 0.29) is 5.75 Å². The maximum Gasteiger partial charge on any atom is 0.573 e. The second kappa shape index (κ2) is 6.62. The maximum absolute atomic E-state index is 12.2. The zero-order valence-electron chi connectivity index (χ0n) is 12.6. The molecule has 0 amide bonds. The number of nitrogens with zero attached hydrogens (tertiary/aromatic N) is 2. The van der Waals surface area contributed by atoms with Crippen molar-refractivity contribution in [3.8, 4) is 5.75 Å². The third-order valence-corrected chi connectivity index (χ3v) is 3.73. The van der Waals surface area contributed by atoms with E-state index in [0.29, 0.717) is 13.1 Å². The zero-order valence-corrected chi connectivity index (χ0v) is 12.6. The van der Waals surface area contributed by atoms with E-state index < -0.39 is 6.36 Å². The highest BCUT2D eigenvalue weighted by Crippen LogP contribution is 2.23. The van der Waals surface area contributed by atoms with Crippen LogP contribution < -0.4 is 10.1 Å². The lowest BCUT2D eigenvalue weighted by atomic mass is 10.2. The molecular formula is C16H18F3N3O. The minimum absolute atomic E-state index is 0.200. The van der Waals surface area contributed by atoms with Gasteiger partial charge in [-0.15, -0.1) is 13.2 Å². The summed E-state index contributed by atoms with van der Waals surface area (Å²) < 4.78 is 42.7. The molecule has 0 spiro atoms. The molecule has 124 valence electrons. The standard InChI is InChI=1S/C16H18F3N3O/c17-16(18,19)23-14-5-3-4-12(8-14)9-20-10-13-11-22-7-2-1-6-15(22)21-13/h3-5,8,11,20H,1-2,6-7,9-10H2. The Bertz CT molecular complexity index is 643. The summed E-state index contributed by atoms with van der Waals surface area (Å²) in [5.74, 6) is 0.919. The van der Waals surface area contributed by atoms with E-state index in [9.17, 15) is 13.2 Å². The van der Waals surface area contributed by atoms with Crippen LogP contribution in [-0.4, -0.2) is 15.9 Å². The maximum atomic E-state index is 12.2. The minimum atomic E-state index is -4.67. The lowest BCUT2D eigenvalue weighted by Crippen LogP contribution is -2.17. The number of aromatic nitrogens is 2. The zero-order chi connectivity index (χ0) is 16.3. The van der Waals surface area contributed by atoms with Crippen molar-refractivity contribution in [1.82, 2.24) is 14.9 Å². The van der Waals surface area contributed by atoms with Crippen LogP contribution in [0.2, 0.25) is 0 Å². The Hall–Kier alpha value is -2.02. The molecule has 0 bridgehead atoms. The first-order valence-electron chi connectivity index (χ1n) is 7.60. The van der Waals surface area contributed by atoms with E-state index in [2.05, 4.69) is 19.6 Å². The molecule has 1 aliphatic rings. The molecule has 7 heteroatoms. The number of hydrogen-bond donors (Lipinski definition) is 1. The normalized spacial score (nSPS) is 14.6. The van der Waals surface area contributed by atoms with Crippen LogP contribution >= 0.6 is 0 Å². The lowest BCUT2D eigenvalue weighted by molar-refractivity contribution is -0.274. The van der Waals surface area contributed by atoms with Crippen molar-refractivity contribution in [3.63, 3.8) is 0 Å². The fourth-order valence-electron chi connectivity index (χ4n) is 2.74. The minimum Gasteiger partial charge on any atom is -0.406 e. The first kappa shape index (κ1) is 15.9. The predicted octanol–water partition coefficient (Wildman–Crippen LogP) is 3.41. The summed E-state index contributed by atoms with van der Waals surface area (Å²) in [6.45, 7) is 2.06. The molecule has 0 aliphatic carbocycles. The average Bonchev–Trinajstić information content (AvgIpc) is 2.88. The second-order valence-corrected chi connectivity index (χ2v) is 5.60. The van der Waals surface area contributed by atoms with Gasteiger partial charge in [0.15, 0.2) is 0 Å². The van der Waals surface area contributed by atoms with Gasteiger partial charge < -0.3 is 14.6 Å². The van der Waals surface area contributed by atoms with Crippen molar-refractivity contribution in [2.45, 2.75) is 45.3 Å². The summed E-state index contributed by atoms with van der Waals surface area (Å²) in [6.07, 6.45) is 0.751. The smallest absolute Gasteiger partial charge is 0.406 e. The van der Waals surface area contributed by atoms with Crippen molar-refractivity contribution in [2.24, 2.45) is 0 Å². The van der Waals surface area contributed by atoms with Crippen LogP contribution in [0.25, 0.3) is 0 Å². The van der Waals surface area contributed by atoms with E-state index in [1.54, 1.807) is 12.1 Å². The number of hydrogen-bond acceptors (Lipinski definition) is 3. The van der Waals surface area contributed by atoms with Gasteiger partial charge in [-0.3, -0.25) is 0 Å². The number of alkyl halides is 3. The first-order valence-corrected chi connectivity index (χ1v) is 7.60. The van der Waals surface area contributed by atoms with Crippen LogP contribution in [0.4, 0.5) is 13.2 Å². The molecule has 0 radical (unpaired) electrons. The molecule has 0 atom stereocenters. The molecule has 0 unspecified atom stereocenters. The quantitative estimate of drug-likeness (QED) is 0.916. The lowest BCUT2D eigenvalue weighted by Gasteiger charge is -2.11. The van der Waals surface area contributed by atoms with Gasteiger partial charge in [-0.2, -0.15) is 0 Å². The largest absolute Gasteiger partial charge is 0.573 e. The number of benzene rings is 1. The third-order valence-electron chi connectivity index (χ3n) is 3.73. The molecule has 0 fully saturated rings. The van der Waals surface area contributed by atoms with Crippen molar-refractivity contribution in [1.29, 1.82) is 0 Å². The molecule has 0 saturated heterocycles. The Morgan fingerprint density at radius 3 is 2.87 bits per heavy atom. The molecule has 23 heavy (non-hydrogen) atoms. The molecule has 3 rings (SSSR count). The van der Waals surface area contributed by atoms with Crippen molar-refractivity contribution in [2.75, 3.05) is 0 Å². The van der Waals surface area contributed by atoms with Gasteiger partial charge in [-0.25, -0.2) is 4.98 Å². The van der Waals surface area contributed by atoms with Gasteiger partial charge in [-0.05, 0) is 30.5 Å². The van der Waals surface area contributed by atoms with Crippen LogP contribution in [0.15, 0.2) is 30.5 Å². The molecule has 1 aliphatic heterocycles. The van der Waals surface area contributed by atoms with Gasteiger partial charge in [-0.1, -0.05) is 12.1 Å². The van der Waals surface area contributed by atoms with Crippen LogP contribution in [0.3, 0.4) is 0 Å². The van der Waals surface area contributed by atoms with Gasteiger partial charge in [0.2, 0.25) is 0 Å².